The quantitative estimate of drug-likeness (QED) is 0.561. The van der Waals surface area contributed by atoms with Crippen LogP contribution in [0.1, 0.15) is 19.3 Å². The van der Waals surface area contributed by atoms with Crippen molar-refractivity contribution in [3.05, 3.63) is 12.7 Å². The van der Waals surface area contributed by atoms with Gasteiger partial charge in [0.1, 0.15) is 0 Å². The summed E-state index contributed by atoms with van der Waals surface area (Å²) in [7, 11) is 0. The molecule has 0 aliphatic rings. The van der Waals surface area contributed by atoms with Crippen LogP contribution in [0.15, 0.2) is 12.7 Å². The van der Waals surface area contributed by atoms with Crippen LogP contribution in [0.4, 0.5) is 0 Å². The van der Waals surface area contributed by atoms with Gasteiger partial charge in [0.2, 0.25) is 0 Å². The molecule has 0 bridgehead atoms. The van der Waals surface area contributed by atoms with Gasteiger partial charge in [0.25, 0.3) is 0 Å². The van der Waals surface area contributed by atoms with Gasteiger partial charge >= 0.3 is 5.97 Å². The van der Waals surface area contributed by atoms with E-state index in [2.05, 4.69) is 6.58 Å². The summed E-state index contributed by atoms with van der Waals surface area (Å²) in [6.45, 7) is 3.36. The molecule has 0 amide bonds. The number of aliphatic carboxylic acids is 1. The van der Waals surface area contributed by atoms with Crippen molar-refractivity contribution in [3.8, 4) is 0 Å². The number of aliphatic hydroxyl groups is 1. The molecule has 0 aliphatic heterocycles. The lowest BCUT2D eigenvalue weighted by molar-refractivity contribution is -0.137. The highest BCUT2D eigenvalue weighted by Crippen LogP contribution is 2.00. The summed E-state index contributed by atoms with van der Waals surface area (Å²) >= 11 is 0. The molecule has 0 heterocycles. The minimum Gasteiger partial charge on any atom is -0.481 e. The van der Waals surface area contributed by atoms with Crippen LogP contribution in [0.2, 0.25) is 0 Å². The zero-order valence-corrected chi connectivity index (χ0v) is 5.79. The molecule has 0 spiro atoms. The second-order valence-corrected chi connectivity index (χ2v) is 2.09. The van der Waals surface area contributed by atoms with Crippen LogP contribution in [0.3, 0.4) is 0 Å². The van der Waals surface area contributed by atoms with Gasteiger partial charge in [-0.25, -0.2) is 0 Å². The largest absolute Gasteiger partial charge is 0.481 e. The van der Waals surface area contributed by atoms with E-state index in [1.165, 1.54) is 6.08 Å². The van der Waals surface area contributed by atoms with Crippen LogP contribution in [0, 0.1) is 0 Å². The monoisotopic (exact) mass is 144 g/mol. The fourth-order valence-electron chi connectivity index (χ4n) is 0.580. The molecule has 0 saturated carbocycles. The van der Waals surface area contributed by atoms with E-state index in [0.29, 0.717) is 12.8 Å². The van der Waals surface area contributed by atoms with Crippen LogP contribution >= 0.6 is 0 Å². The Bertz CT molecular complexity index is 120. The fraction of sp³-hybridized carbons (Fsp3) is 0.571. The third-order valence-corrected chi connectivity index (χ3v) is 1.16. The van der Waals surface area contributed by atoms with E-state index in [-0.39, 0.29) is 6.42 Å². The van der Waals surface area contributed by atoms with Gasteiger partial charge in [-0.1, -0.05) is 6.08 Å². The smallest absolute Gasteiger partial charge is 0.303 e. The van der Waals surface area contributed by atoms with Crippen molar-refractivity contribution < 1.29 is 15.0 Å². The normalized spacial score (nSPS) is 12.5. The lowest BCUT2D eigenvalue weighted by Crippen LogP contribution is -2.03. The van der Waals surface area contributed by atoms with Crippen molar-refractivity contribution in [2.24, 2.45) is 0 Å². The molecule has 0 radical (unpaired) electrons. The molecule has 0 saturated heterocycles. The molecule has 2 N–H and O–H groups in total. The van der Waals surface area contributed by atoms with Crippen LogP contribution in [-0.2, 0) is 4.79 Å². The van der Waals surface area contributed by atoms with Crippen molar-refractivity contribution in [1.29, 1.82) is 0 Å². The van der Waals surface area contributed by atoms with Crippen molar-refractivity contribution in [2.45, 2.75) is 25.4 Å². The molecule has 0 aromatic rings. The molecule has 0 aromatic carbocycles. The first-order chi connectivity index (χ1) is 4.66. The van der Waals surface area contributed by atoms with Crippen molar-refractivity contribution in [1.82, 2.24) is 0 Å². The highest BCUT2D eigenvalue weighted by Gasteiger charge is 2.00. The van der Waals surface area contributed by atoms with Crippen molar-refractivity contribution >= 4 is 5.97 Å². The van der Waals surface area contributed by atoms with Crippen molar-refractivity contribution in [2.75, 3.05) is 0 Å². The maximum atomic E-state index is 9.96. The zero-order chi connectivity index (χ0) is 7.98. The second kappa shape index (κ2) is 4.99. The van der Waals surface area contributed by atoms with Gasteiger partial charge in [0, 0.05) is 6.42 Å². The van der Waals surface area contributed by atoms with E-state index in [1.54, 1.807) is 0 Å². The standard InChI is InChI=1S/C7H12O3/c1-2-6(8)4-3-5-7(9)10/h2,6,8H,1,3-5H2,(H,9,10)/t6-/m1/s1. The maximum Gasteiger partial charge on any atom is 0.303 e. The van der Waals surface area contributed by atoms with Crippen molar-refractivity contribution in [3.63, 3.8) is 0 Å². The number of carboxylic acids is 1. The highest BCUT2D eigenvalue weighted by molar-refractivity contribution is 5.66. The van der Waals surface area contributed by atoms with Gasteiger partial charge < -0.3 is 10.2 Å². The molecular formula is C7H12O3. The third kappa shape index (κ3) is 5.31. The van der Waals surface area contributed by atoms with Gasteiger partial charge in [-0.3, -0.25) is 4.79 Å². The molecule has 1 atom stereocenters. The summed E-state index contributed by atoms with van der Waals surface area (Å²) in [6, 6.07) is 0. The Morgan fingerprint density at radius 2 is 2.30 bits per heavy atom. The number of aliphatic hydroxyl groups excluding tert-OH is 1. The lowest BCUT2D eigenvalue weighted by atomic mass is 10.1. The van der Waals surface area contributed by atoms with Gasteiger partial charge in [-0.2, -0.15) is 0 Å². The summed E-state index contributed by atoms with van der Waals surface area (Å²) in [5.74, 6) is -0.823. The van der Waals surface area contributed by atoms with E-state index < -0.39 is 12.1 Å². The van der Waals surface area contributed by atoms with E-state index in [1.807, 2.05) is 0 Å². The number of hydrogen-bond donors (Lipinski definition) is 2. The zero-order valence-electron chi connectivity index (χ0n) is 5.79. The van der Waals surface area contributed by atoms with Gasteiger partial charge in [-0.15, -0.1) is 6.58 Å². The van der Waals surface area contributed by atoms with Gasteiger partial charge in [0.15, 0.2) is 0 Å². The Morgan fingerprint density at radius 1 is 1.70 bits per heavy atom. The average Bonchev–Trinajstić information content (AvgIpc) is 1.87. The van der Waals surface area contributed by atoms with E-state index >= 15 is 0 Å². The number of carbonyl (C=O) groups is 1. The predicted molar refractivity (Wildman–Crippen MR) is 37.7 cm³/mol. The molecular weight excluding hydrogens is 132 g/mol. The fourth-order valence-corrected chi connectivity index (χ4v) is 0.580. The van der Waals surface area contributed by atoms with E-state index in [4.69, 9.17) is 10.2 Å². The van der Waals surface area contributed by atoms with E-state index in [0.717, 1.165) is 0 Å². The topological polar surface area (TPSA) is 57.5 Å². The molecule has 3 nitrogen and oxygen atoms in total. The summed E-state index contributed by atoms with van der Waals surface area (Å²) < 4.78 is 0. The van der Waals surface area contributed by atoms with Crippen LogP contribution < -0.4 is 0 Å². The summed E-state index contributed by atoms with van der Waals surface area (Å²) in [5.41, 5.74) is 0. The van der Waals surface area contributed by atoms with Gasteiger partial charge in [-0.05, 0) is 12.8 Å². The SMILES string of the molecule is C=C[C@@H](O)CCCC(=O)O. The number of rotatable bonds is 5. The molecule has 58 valence electrons. The second-order valence-electron chi connectivity index (χ2n) is 2.09. The Morgan fingerprint density at radius 3 is 2.70 bits per heavy atom. The minimum atomic E-state index is -0.823. The van der Waals surface area contributed by atoms with Crippen LogP contribution in [0.5, 0.6) is 0 Å². The number of hydrogen-bond acceptors (Lipinski definition) is 2. The summed E-state index contributed by atoms with van der Waals surface area (Å²) in [6.07, 6.45) is 1.95. The minimum absolute atomic E-state index is 0.116. The Hall–Kier alpha value is -0.830. The first-order valence-corrected chi connectivity index (χ1v) is 3.19. The molecule has 10 heavy (non-hydrogen) atoms. The predicted octanol–water partition coefficient (Wildman–Crippen LogP) is 0.788. The first-order valence-electron chi connectivity index (χ1n) is 3.19. The number of carboxylic acid groups (broad SMARTS) is 1. The summed E-state index contributed by atoms with van der Waals surface area (Å²) in [4.78, 5) is 9.96. The Labute approximate surface area is 60.0 Å². The van der Waals surface area contributed by atoms with Crippen LogP contribution in [-0.4, -0.2) is 22.3 Å². The Kier molecular flexibility index (Phi) is 4.58. The van der Waals surface area contributed by atoms with Crippen LogP contribution in [0.25, 0.3) is 0 Å². The third-order valence-electron chi connectivity index (χ3n) is 1.16. The molecule has 0 rings (SSSR count). The Balaban J connectivity index is 3.19. The molecule has 0 aromatic heterocycles. The lowest BCUT2D eigenvalue weighted by Gasteiger charge is -2.01. The molecule has 0 unspecified atom stereocenters. The first kappa shape index (κ1) is 9.17. The molecule has 0 aliphatic carbocycles. The molecule has 0 fully saturated rings. The summed E-state index contributed by atoms with van der Waals surface area (Å²) in [5, 5.41) is 17.1. The highest BCUT2D eigenvalue weighted by atomic mass is 16.4. The average molecular weight is 144 g/mol. The van der Waals surface area contributed by atoms with E-state index in [9.17, 15) is 4.79 Å². The van der Waals surface area contributed by atoms with Gasteiger partial charge in [0.05, 0.1) is 6.10 Å². The maximum absolute atomic E-state index is 9.96. The molecule has 3 heteroatoms.